The molecule has 0 aliphatic rings. The van der Waals surface area contributed by atoms with E-state index in [1.54, 1.807) is 41.9 Å². The van der Waals surface area contributed by atoms with Crippen molar-refractivity contribution in [2.45, 2.75) is 0 Å². The number of ketones is 1. The number of hydrogen-bond acceptors (Lipinski definition) is 6. The molecular weight excluding hydrogens is 352 g/mol. The minimum atomic E-state index is -0.129. The molecule has 0 atom stereocenters. The van der Waals surface area contributed by atoms with Crippen molar-refractivity contribution >= 4 is 52.0 Å². The van der Waals surface area contributed by atoms with Crippen LogP contribution in [0, 0.1) is 0 Å². The largest absolute Gasteiger partial charge is 0.397 e. The number of nitrogens with zero attached hydrogens (tertiary/aromatic N) is 2. The molecule has 0 aliphatic heterocycles. The standard InChI is InChI=1S/C18H12N4OS2/c19-15-2-1-10(6-16(15)22-24)17(23)14-8-21-18-13(14)5-12(7-20-18)11-3-4-25-9-11/h1-9H,19H2,(H,20,21). The van der Waals surface area contributed by atoms with Crippen molar-refractivity contribution in [1.29, 1.82) is 0 Å². The number of nitrogens with two attached hydrogens (primary N) is 1. The SMILES string of the molecule is Nc1ccc(C(=O)c2c[nH]c3ncc(-c4ccsc4)cc23)cc1N=S. The van der Waals surface area contributed by atoms with Crippen molar-refractivity contribution in [3.8, 4) is 11.1 Å². The third-order valence-electron chi connectivity index (χ3n) is 4.02. The van der Waals surface area contributed by atoms with Gasteiger partial charge in [0.25, 0.3) is 0 Å². The monoisotopic (exact) mass is 364 g/mol. The van der Waals surface area contributed by atoms with E-state index in [1.165, 1.54) is 0 Å². The van der Waals surface area contributed by atoms with Crippen LogP contribution in [0.3, 0.4) is 0 Å². The number of nitrogens with one attached hydrogen (secondary N) is 1. The molecule has 7 heteroatoms. The number of hydrogen-bond donors (Lipinski definition) is 2. The molecule has 0 spiro atoms. The molecule has 0 fully saturated rings. The van der Waals surface area contributed by atoms with Gasteiger partial charge in [-0.15, -0.1) is 0 Å². The molecule has 0 saturated heterocycles. The van der Waals surface area contributed by atoms with Gasteiger partial charge in [0.15, 0.2) is 5.78 Å². The fourth-order valence-electron chi connectivity index (χ4n) is 2.70. The number of aromatic amines is 1. The van der Waals surface area contributed by atoms with Gasteiger partial charge in [-0.1, -0.05) is 0 Å². The van der Waals surface area contributed by atoms with Gasteiger partial charge in [0.2, 0.25) is 0 Å². The zero-order chi connectivity index (χ0) is 17.4. The minimum absolute atomic E-state index is 0.129. The number of aromatic nitrogens is 2. The molecule has 3 aromatic heterocycles. The molecule has 5 nitrogen and oxygen atoms in total. The van der Waals surface area contributed by atoms with E-state index in [4.69, 9.17) is 18.2 Å². The molecule has 0 aliphatic carbocycles. The maximum Gasteiger partial charge on any atom is 0.195 e. The lowest BCUT2D eigenvalue weighted by atomic mass is 10.0. The lowest BCUT2D eigenvalue weighted by Gasteiger charge is -2.04. The maximum atomic E-state index is 12.9. The van der Waals surface area contributed by atoms with Crippen LogP contribution >= 0.6 is 11.3 Å². The predicted octanol–water partition coefficient (Wildman–Crippen LogP) is 4.47. The van der Waals surface area contributed by atoms with Crippen LogP contribution in [0.4, 0.5) is 11.4 Å². The summed E-state index contributed by atoms with van der Waals surface area (Å²) < 4.78 is 3.69. The van der Waals surface area contributed by atoms with Gasteiger partial charge in [0.05, 0.1) is 5.69 Å². The number of rotatable bonds is 4. The zero-order valence-corrected chi connectivity index (χ0v) is 14.5. The summed E-state index contributed by atoms with van der Waals surface area (Å²) in [6.07, 6.45) is 3.48. The second-order valence-corrected chi connectivity index (χ2v) is 6.49. The number of carbonyl (C=O) groups is 1. The first-order valence-corrected chi connectivity index (χ1v) is 8.75. The summed E-state index contributed by atoms with van der Waals surface area (Å²) in [5.74, 6) is -0.129. The topological polar surface area (TPSA) is 84.1 Å². The maximum absolute atomic E-state index is 12.9. The van der Waals surface area contributed by atoms with Crippen LogP contribution in [0.25, 0.3) is 22.2 Å². The van der Waals surface area contributed by atoms with Crippen molar-refractivity contribution < 1.29 is 4.79 Å². The van der Waals surface area contributed by atoms with Gasteiger partial charge in [-0.05, 0) is 46.7 Å². The summed E-state index contributed by atoms with van der Waals surface area (Å²) in [6, 6.07) is 8.93. The van der Waals surface area contributed by atoms with E-state index in [0.717, 1.165) is 16.5 Å². The number of thiophene rings is 1. The van der Waals surface area contributed by atoms with Crippen molar-refractivity contribution in [3.05, 3.63) is 64.6 Å². The van der Waals surface area contributed by atoms with E-state index >= 15 is 0 Å². The molecule has 0 bridgehead atoms. The average Bonchev–Trinajstić information content (AvgIpc) is 3.30. The van der Waals surface area contributed by atoms with Crippen molar-refractivity contribution in [1.82, 2.24) is 9.97 Å². The molecule has 25 heavy (non-hydrogen) atoms. The van der Waals surface area contributed by atoms with Crippen molar-refractivity contribution in [2.75, 3.05) is 5.73 Å². The van der Waals surface area contributed by atoms with Crippen LogP contribution in [0.2, 0.25) is 0 Å². The molecule has 3 heterocycles. The summed E-state index contributed by atoms with van der Waals surface area (Å²) in [5.41, 5.74) is 10.4. The summed E-state index contributed by atoms with van der Waals surface area (Å²) >= 11 is 6.33. The zero-order valence-electron chi connectivity index (χ0n) is 12.9. The highest BCUT2D eigenvalue weighted by molar-refractivity contribution is 7.47. The van der Waals surface area contributed by atoms with Gasteiger partial charge in [0, 0.05) is 46.9 Å². The minimum Gasteiger partial charge on any atom is -0.397 e. The number of H-pyrrole nitrogens is 1. The predicted molar refractivity (Wildman–Crippen MR) is 103 cm³/mol. The lowest BCUT2D eigenvalue weighted by molar-refractivity contribution is 0.104. The Morgan fingerprint density at radius 3 is 2.88 bits per heavy atom. The van der Waals surface area contributed by atoms with Crippen LogP contribution in [0.5, 0.6) is 0 Å². The van der Waals surface area contributed by atoms with Crippen LogP contribution in [-0.4, -0.2) is 15.8 Å². The quantitative estimate of drug-likeness (QED) is 0.413. The van der Waals surface area contributed by atoms with E-state index in [9.17, 15) is 4.79 Å². The first kappa shape index (κ1) is 15.6. The molecule has 0 amide bonds. The molecule has 0 saturated carbocycles. The van der Waals surface area contributed by atoms with E-state index in [-0.39, 0.29) is 5.78 Å². The Morgan fingerprint density at radius 1 is 1.24 bits per heavy atom. The summed E-state index contributed by atoms with van der Waals surface area (Å²) in [7, 11) is 0. The van der Waals surface area contributed by atoms with Gasteiger partial charge in [0.1, 0.15) is 11.3 Å². The first-order valence-electron chi connectivity index (χ1n) is 7.44. The Hall–Kier alpha value is -2.90. The Kier molecular flexibility index (Phi) is 3.87. The second kappa shape index (κ2) is 6.19. The number of fused-ring (bicyclic) bond motifs is 1. The Morgan fingerprint density at radius 2 is 2.12 bits per heavy atom. The Balaban J connectivity index is 1.82. The molecular formula is C18H12N4OS2. The fraction of sp³-hybridized carbons (Fsp3) is 0. The second-order valence-electron chi connectivity index (χ2n) is 5.53. The lowest BCUT2D eigenvalue weighted by Crippen LogP contribution is -2.01. The van der Waals surface area contributed by atoms with Crippen LogP contribution in [0.15, 0.2) is 57.8 Å². The van der Waals surface area contributed by atoms with Gasteiger partial charge >= 0.3 is 0 Å². The molecule has 0 radical (unpaired) electrons. The third kappa shape index (κ3) is 2.73. The smallest absolute Gasteiger partial charge is 0.195 e. The van der Waals surface area contributed by atoms with Gasteiger partial charge in [-0.2, -0.15) is 15.7 Å². The number of anilines is 1. The van der Waals surface area contributed by atoms with E-state index in [0.29, 0.717) is 28.1 Å². The van der Waals surface area contributed by atoms with Gasteiger partial charge < -0.3 is 10.7 Å². The number of carbonyl (C=O) groups excluding carboxylic acids is 1. The van der Waals surface area contributed by atoms with Gasteiger partial charge in [-0.3, -0.25) is 4.79 Å². The Labute approximate surface area is 152 Å². The van der Waals surface area contributed by atoms with Crippen LogP contribution < -0.4 is 5.73 Å². The normalized spacial score (nSPS) is 10.9. The van der Waals surface area contributed by atoms with E-state index < -0.39 is 0 Å². The highest BCUT2D eigenvalue weighted by Crippen LogP contribution is 2.29. The summed E-state index contributed by atoms with van der Waals surface area (Å²) in [6.45, 7) is 0. The van der Waals surface area contributed by atoms with Crippen LogP contribution in [-0.2, 0) is 12.4 Å². The van der Waals surface area contributed by atoms with E-state index in [1.807, 2.05) is 22.9 Å². The average molecular weight is 364 g/mol. The molecule has 4 rings (SSSR count). The number of nitrogen functional groups attached to an aromatic ring is 1. The molecule has 3 N–H and O–H groups in total. The summed E-state index contributed by atoms with van der Waals surface area (Å²) in [4.78, 5) is 20.4. The Bertz CT molecular complexity index is 1100. The third-order valence-corrected chi connectivity index (χ3v) is 4.90. The van der Waals surface area contributed by atoms with Crippen molar-refractivity contribution in [3.63, 3.8) is 0 Å². The fourth-order valence-corrected chi connectivity index (χ4v) is 3.52. The molecule has 4 aromatic rings. The number of benzene rings is 1. The molecule has 122 valence electrons. The van der Waals surface area contributed by atoms with Gasteiger partial charge in [-0.25, -0.2) is 4.98 Å². The van der Waals surface area contributed by atoms with E-state index in [2.05, 4.69) is 14.3 Å². The number of pyridine rings is 1. The summed E-state index contributed by atoms with van der Waals surface area (Å²) in [5, 5.41) is 4.84. The molecule has 1 aromatic carbocycles. The highest BCUT2D eigenvalue weighted by atomic mass is 32.1. The van der Waals surface area contributed by atoms with Crippen molar-refractivity contribution in [2.24, 2.45) is 4.36 Å². The van der Waals surface area contributed by atoms with Crippen LogP contribution in [0.1, 0.15) is 15.9 Å². The first-order chi connectivity index (χ1) is 12.2. The highest BCUT2D eigenvalue weighted by Gasteiger charge is 2.17. The molecule has 0 unspecified atom stereocenters.